The number of aromatic nitrogens is 2. The SMILES string of the molecule is Nc1nc(-c2cccc3c2C=CCC3)nc2ccccc12. The molecule has 2 N–H and O–H groups in total. The van der Waals surface area contributed by atoms with Crippen molar-refractivity contribution < 1.29 is 0 Å². The molecule has 0 saturated carbocycles. The molecule has 3 heteroatoms. The highest BCUT2D eigenvalue weighted by molar-refractivity contribution is 5.90. The molecule has 2 aromatic carbocycles. The largest absolute Gasteiger partial charge is 0.383 e. The van der Waals surface area contributed by atoms with Crippen LogP contribution in [0.15, 0.2) is 48.5 Å². The van der Waals surface area contributed by atoms with Crippen LogP contribution in [-0.4, -0.2) is 9.97 Å². The summed E-state index contributed by atoms with van der Waals surface area (Å²) in [5, 5.41) is 0.904. The predicted octanol–water partition coefficient (Wildman–Crippen LogP) is 3.84. The zero-order valence-corrected chi connectivity index (χ0v) is 11.6. The Kier molecular flexibility index (Phi) is 2.71. The maximum atomic E-state index is 6.10. The van der Waals surface area contributed by atoms with Crippen LogP contribution in [0, 0.1) is 0 Å². The normalized spacial score (nSPS) is 13.3. The summed E-state index contributed by atoms with van der Waals surface area (Å²) in [5.41, 5.74) is 10.6. The Balaban J connectivity index is 1.98. The molecule has 0 aliphatic heterocycles. The molecule has 1 aromatic heterocycles. The minimum atomic E-state index is 0.535. The van der Waals surface area contributed by atoms with Crippen LogP contribution in [0.25, 0.3) is 28.4 Å². The maximum Gasteiger partial charge on any atom is 0.162 e. The number of nitrogen functional groups attached to an aromatic ring is 1. The predicted molar refractivity (Wildman–Crippen MR) is 86.7 cm³/mol. The van der Waals surface area contributed by atoms with Crippen LogP contribution >= 0.6 is 0 Å². The molecule has 1 aliphatic rings. The first-order chi connectivity index (χ1) is 10.3. The van der Waals surface area contributed by atoms with E-state index in [2.05, 4.69) is 40.3 Å². The molecular weight excluding hydrogens is 258 g/mol. The van der Waals surface area contributed by atoms with Crippen LogP contribution in [0.3, 0.4) is 0 Å². The number of aryl methyl sites for hydroxylation is 1. The van der Waals surface area contributed by atoms with Gasteiger partial charge in [-0.15, -0.1) is 0 Å². The molecule has 21 heavy (non-hydrogen) atoms. The summed E-state index contributed by atoms with van der Waals surface area (Å²) < 4.78 is 0. The van der Waals surface area contributed by atoms with Crippen molar-refractivity contribution in [3.63, 3.8) is 0 Å². The van der Waals surface area contributed by atoms with Crippen LogP contribution in [0.1, 0.15) is 17.5 Å². The lowest BCUT2D eigenvalue weighted by atomic mass is 9.93. The van der Waals surface area contributed by atoms with E-state index in [1.807, 2.05) is 24.3 Å². The lowest BCUT2D eigenvalue weighted by molar-refractivity contribution is 0.985. The molecule has 0 saturated heterocycles. The molecular formula is C18H15N3. The van der Waals surface area contributed by atoms with Crippen molar-refractivity contribution in [3.05, 3.63) is 59.7 Å². The van der Waals surface area contributed by atoms with E-state index in [1.165, 1.54) is 11.1 Å². The van der Waals surface area contributed by atoms with E-state index < -0.39 is 0 Å². The zero-order chi connectivity index (χ0) is 14.2. The molecule has 0 fully saturated rings. The highest BCUT2D eigenvalue weighted by Crippen LogP contribution is 2.30. The number of nitrogens with two attached hydrogens (primary N) is 1. The van der Waals surface area contributed by atoms with Crippen molar-refractivity contribution in [2.45, 2.75) is 12.8 Å². The van der Waals surface area contributed by atoms with Crippen LogP contribution in [0.2, 0.25) is 0 Å². The first-order valence-electron chi connectivity index (χ1n) is 7.14. The lowest BCUT2D eigenvalue weighted by Gasteiger charge is -2.14. The first-order valence-corrected chi connectivity index (χ1v) is 7.14. The number of benzene rings is 2. The van der Waals surface area contributed by atoms with Crippen molar-refractivity contribution >= 4 is 22.8 Å². The van der Waals surface area contributed by atoms with Crippen molar-refractivity contribution in [1.82, 2.24) is 9.97 Å². The summed E-state index contributed by atoms with van der Waals surface area (Å²) in [7, 11) is 0. The number of fused-ring (bicyclic) bond motifs is 2. The summed E-state index contributed by atoms with van der Waals surface area (Å²) in [6, 6.07) is 14.2. The quantitative estimate of drug-likeness (QED) is 0.733. The van der Waals surface area contributed by atoms with Gasteiger partial charge in [-0.1, -0.05) is 42.5 Å². The van der Waals surface area contributed by atoms with E-state index in [9.17, 15) is 0 Å². The number of rotatable bonds is 1. The number of anilines is 1. The fourth-order valence-electron chi connectivity index (χ4n) is 2.88. The third-order valence-corrected chi connectivity index (χ3v) is 3.93. The van der Waals surface area contributed by atoms with Crippen LogP contribution in [0.4, 0.5) is 5.82 Å². The molecule has 0 spiro atoms. The number of nitrogens with zero attached hydrogens (tertiary/aromatic N) is 2. The molecule has 1 aliphatic carbocycles. The molecule has 0 amide bonds. The molecule has 0 radical (unpaired) electrons. The van der Waals surface area contributed by atoms with E-state index in [0.29, 0.717) is 11.6 Å². The molecule has 0 unspecified atom stereocenters. The van der Waals surface area contributed by atoms with E-state index >= 15 is 0 Å². The van der Waals surface area contributed by atoms with E-state index in [4.69, 9.17) is 5.73 Å². The minimum Gasteiger partial charge on any atom is -0.383 e. The maximum absolute atomic E-state index is 6.10. The van der Waals surface area contributed by atoms with Crippen molar-refractivity contribution in [1.29, 1.82) is 0 Å². The van der Waals surface area contributed by atoms with Gasteiger partial charge in [-0.05, 0) is 36.1 Å². The Labute approximate surface area is 123 Å². The average Bonchev–Trinajstić information content (AvgIpc) is 2.54. The second-order valence-electron chi connectivity index (χ2n) is 5.27. The Morgan fingerprint density at radius 3 is 2.81 bits per heavy atom. The van der Waals surface area contributed by atoms with Gasteiger partial charge in [0.05, 0.1) is 5.52 Å². The molecule has 0 bridgehead atoms. The zero-order valence-electron chi connectivity index (χ0n) is 11.6. The van der Waals surface area contributed by atoms with Gasteiger partial charge in [0, 0.05) is 10.9 Å². The Morgan fingerprint density at radius 1 is 0.952 bits per heavy atom. The van der Waals surface area contributed by atoms with E-state index in [-0.39, 0.29) is 0 Å². The van der Waals surface area contributed by atoms with E-state index in [0.717, 1.165) is 29.3 Å². The summed E-state index contributed by atoms with van der Waals surface area (Å²) in [6.07, 6.45) is 6.54. The number of hydrogen-bond acceptors (Lipinski definition) is 3. The van der Waals surface area contributed by atoms with Gasteiger partial charge in [-0.25, -0.2) is 9.97 Å². The lowest BCUT2D eigenvalue weighted by Crippen LogP contribution is -2.01. The second-order valence-corrected chi connectivity index (χ2v) is 5.27. The van der Waals surface area contributed by atoms with Crippen molar-refractivity contribution in [2.24, 2.45) is 0 Å². The average molecular weight is 273 g/mol. The highest BCUT2D eigenvalue weighted by atomic mass is 14.9. The van der Waals surface area contributed by atoms with Crippen molar-refractivity contribution in [3.8, 4) is 11.4 Å². The molecule has 3 aromatic rings. The van der Waals surface area contributed by atoms with Gasteiger partial charge >= 0.3 is 0 Å². The molecule has 102 valence electrons. The molecule has 1 heterocycles. The van der Waals surface area contributed by atoms with Crippen LogP contribution in [0.5, 0.6) is 0 Å². The Bertz CT molecular complexity index is 865. The number of allylic oxidation sites excluding steroid dienone is 1. The van der Waals surface area contributed by atoms with Crippen LogP contribution in [-0.2, 0) is 6.42 Å². The van der Waals surface area contributed by atoms with Gasteiger partial charge in [0.2, 0.25) is 0 Å². The van der Waals surface area contributed by atoms with Gasteiger partial charge in [-0.3, -0.25) is 0 Å². The Hall–Kier alpha value is -2.68. The third kappa shape index (κ3) is 1.98. The highest BCUT2D eigenvalue weighted by Gasteiger charge is 2.14. The molecule has 4 rings (SSSR count). The smallest absolute Gasteiger partial charge is 0.162 e. The number of hydrogen-bond donors (Lipinski definition) is 1. The van der Waals surface area contributed by atoms with Gasteiger partial charge in [0.1, 0.15) is 5.82 Å². The summed E-state index contributed by atoms with van der Waals surface area (Å²) in [4.78, 5) is 9.20. The van der Waals surface area contributed by atoms with E-state index in [1.54, 1.807) is 0 Å². The molecule has 3 nitrogen and oxygen atoms in total. The van der Waals surface area contributed by atoms with Gasteiger partial charge in [0.15, 0.2) is 5.82 Å². The first kappa shape index (κ1) is 12.1. The second kappa shape index (κ2) is 4.70. The van der Waals surface area contributed by atoms with Crippen molar-refractivity contribution in [2.75, 3.05) is 5.73 Å². The number of para-hydroxylation sites is 1. The van der Waals surface area contributed by atoms with Gasteiger partial charge in [-0.2, -0.15) is 0 Å². The van der Waals surface area contributed by atoms with Gasteiger partial charge < -0.3 is 5.73 Å². The Morgan fingerprint density at radius 2 is 1.86 bits per heavy atom. The topological polar surface area (TPSA) is 51.8 Å². The fraction of sp³-hybridized carbons (Fsp3) is 0.111. The summed E-state index contributed by atoms with van der Waals surface area (Å²) >= 11 is 0. The standard InChI is InChI=1S/C18H15N3/c19-17-15-9-3-4-11-16(15)20-18(21-17)14-10-5-7-12-6-1-2-8-13(12)14/h2-5,7-11H,1,6H2,(H2,19,20,21). The minimum absolute atomic E-state index is 0.535. The van der Waals surface area contributed by atoms with Crippen LogP contribution < -0.4 is 5.73 Å². The fourth-order valence-corrected chi connectivity index (χ4v) is 2.88. The summed E-state index contributed by atoms with van der Waals surface area (Å²) in [6.45, 7) is 0. The molecule has 0 atom stereocenters. The summed E-state index contributed by atoms with van der Waals surface area (Å²) in [5.74, 6) is 1.24. The van der Waals surface area contributed by atoms with Gasteiger partial charge in [0.25, 0.3) is 0 Å². The third-order valence-electron chi connectivity index (χ3n) is 3.93. The monoisotopic (exact) mass is 273 g/mol.